The predicted octanol–water partition coefficient (Wildman–Crippen LogP) is 2.85. The first-order valence-electron chi connectivity index (χ1n) is 4.83. The van der Waals surface area contributed by atoms with E-state index in [1.807, 2.05) is 0 Å². The van der Waals surface area contributed by atoms with Crippen molar-refractivity contribution in [1.29, 1.82) is 0 Å². The monoisotopic (exact) mass is 327 g/mol. The molecule has 2 rings (SSSR count). The first kappa shape index (κ1) is 12.8. The van der Waals surface area contributed by atoms with Gasteiger partial charge in [-0.15, -0.1) is 0 Å². The number of phenolic OH excluding ortho intramolecular Hbond substituents is 1. The second kappa shape index (κ2) is 5.32. The lowest BCUT2D eigenvalue weighted by atomic mass is 10.2. The summed E-state index contributed by atoms with van der Waals surface area (Å²) in [5.41, 5.74) is 0.115. The number of benzene rings is 1. The van der Waals surface area contributed by atoms with Crippen molar-refractivity contribution in [2.24, 2.45) is 0 Å². The van der Waals surface area contributed by atoms with Crippen LogP contribution in [0.5, 0.6) is 5.75 Å². The maximum Gasteiger partial charge on any atom is 0.260 e. The number of nitrogens with one attached hydrogen (secondary N) is 1. The summed E-state index contributed by atoms with van der Waals surface area (Å²) in [5.74, 6) is -0.386. The second-order valence-corrected chi connectivity index (χ2v) is 4.59. The fourth-order valence-electron chi connectivity index (χ4n) is 1.26. The number of halogens is 2. The molecule has 7 heteroatoms. The Kier molecular flexibility index (Phi) is 3.78. The van der Waals surface area contributed by atoms with E-state index >= 15 is 0 Å². The zero-order chi connectivity index (χ0) is 13.1. The smallest absolute Gasteiger partial charge is 0.260 e. The lowest BCUT2D eigenvalue weighted by Gasteiger charge is -2.06. The molecule has 18 heavy (non-hydrogen) atoms. The van der Waals surface area contributed by atoms with Crippen molar-refractivity contribution in [2.45, 2.75) is 0 Å². The van der Waals surface area contributed by atoms with Crippen molar-refractivity contribution in [3.63, 3.8) is 0 Å². The molecule has 0 bridgehead atoms. The van der Waals surface area contributed by atoms with E-state index in [4.69, 9.17) is 11.6 Å². The Morgan fingerprint density at radius 2 is 2.11 bits per heavy atom. The number of nitrogens with zero attached hydrogens (tertiary/aromatic N) is 2. The van der Waals surface area contributed by atoms with E-state index in [9.17, 15) is 9.90 Å². The van der Waals surface area contributed by atoms with Crippen LogP contribution in [0.2, 0.25) is 5.02 Å². The molecule has 5 nitrogen and oxygen atoms in total. The molecular formula is C11H7BrClN3O2. The minimum Gasteiger partial charge on any atom is -0.507 e. The van der Waals surface area contributed by atoms with Crippen molar-refractivity contribution >= 4 is 39.3 Å². The van der Waals surface area contributed by atoms with Gasteiger partial charge in [0.25, 0.3) is 5.91 Å². The van der Waals surface area contributed by atoms with Crippen LogP contribution >= 0.6 is 27.5 Å². The Labute approximate surface area is 116 Å². The molecular weight excluding hydrogens is 321 g/mol. The summed E-state index contributed by atoms with van der Waals surface area (Å²) >= 11 is 8.82. The number of hydrogen-bond donors (Lipinski definition) is 2. The molecule has 2 N–H and O–H groups in total. The summed E-state index contributed by atoms with van der Waals surface area (Å²) in [6, 6.07) is 4.24. The predicted molar refractivity (Wildman–Crippen MR) is 70.8 cm³/mol. The summed E-state index contributed by atoms with van der Waals surface area (Å²) in [5, 5.41) is 12.5. The van der Waals surface area contributed by atoms with E-state index < -0.39 is 5.91 Å². The number of aromatic hydroxyl groups is 1. The topological polar surface area (TPSA) is 75.1 Å². The van der Waals surface area contributed by atoms with Gasteiger partial charge in [0.1, 0.15) is 10.4 Å². The number of carbonyl (C=O) groups excluding carboxylic acids is 1. The third kappa shape index (κ3) is 2.96. The number of rotatable bonds is 2. The normalized spacial score (nSPS) is 10.1. The molecule has 0 atom stereocenters. The highest BCUT2D eigenvalue weighted by atomic mass is 79.9. The van der Waals surface area contributed by atoms with Gasteiger partial charge < -0.3 is 10.4 Å². The highest BCUT2D eigenvalue weighted by Gasteiger charge is 2.12. The van der Waals surface area contributed by atoms with Gasteiger partial charge >= 0.3 is 0 Å². The Hall–Kier alpha value is -1.66. The van der Waals surface area contributed by atoms with E-state index in [1.165, 1.54) is 30.6 Å². The molecule has 1 aromatic carbocycles. The number of aromatic nitrogens is 2. The Bertz CT molecular complexity index is 589. The maximum atomic E-state index is 11.8. The van der Waals surface area contributed by atoms with Gasteiger partial charge in [-0.1, -0.05) is 11.6 Å². The zero-order valence-corrected chi connectivity index (χ0v) is 11.2. The van der Waals surface area contributed by atoms with Gasteiger partial charge in [-0.3, -0.25) is 4.79 Å². The molecule has 1 aromatic heterocycles. The molecule has 2 aromatic rings. The van der Waals surface area contributed by atoms with Gasteiger partial charge in [-0.25, -0.2) is 9.97 Å². The van der Waals surface area contributed by atoms with Crippen molar-refractivity contribution in [3.8, 4) is 5.75 Å². The molecule has 0 aliphatic carbocycles. The Balaban J connectivity index is 2.19. The second-order valence-electron chi connectivity index (χ2n) is 3.34. The Morgan fingerprint density at radius 1 is 1.33 bits per heavy atom. The van der Waals surface area contributed by atoms with Gasteiger partial charge in [-0.2, -0.15) is 0 Å². The van der Waals surface area contributed by atoms with Crippen LogP contribution in [-0.2, 0) is 0 Å². The van der Waals surface area contributed by atoms with Gasteiger partial charge in [0.05, 0.1) is 18.0 Å². The molecule has 0 aliphatic heterocycles. The lowest BCUT2D eigenvalue weighted by molar-refractivity contribution is 0.102. The number of hydrogen-bond acceptors (Lipinski definition) is 4. The van der Waals surface area contributed by atoms with Gasteiger partial charge in [0.2, 0.25) is 0 Å². The van der Waals surface area contributed by atoms with E-state index in [0.29, 0.717) is 9.63 Å². The molecule has 92 valence electrons. The first-order valence-corrected chi connectivity index (χ1v) is 6.01. The van der Waals surface area contributed by atoms with Crippen LogP contribution in [0.1, 0.15) is 10.4 Å². The van der Waals surface area contributed by atoms with Crippen LogP contribution in [0.25, 0.3) is 0 Å². The SMILES string of the molecule is O=C(Nc1cnc(Br)cn1)c1ccc(Cl)cc1O. The summed E-state index contributed by atoms with van der Waals surface area (Å²) in [6.45, 7) is 0. The fraction of sp³-hybridized carbons (Fsp3) is 0. The number of phenols is 1. The van der Waals surface area contributed by atoms with Crippen molar-refractivity contribution in [3.05, 3.63) is 45.8 Å². The van der Waals surface area contributed by atoms with Crippen LogP contribution in [0, 0.1) is 0 Å². The van der Waals surface area contributed by atoms with E-state index in [1.54, 1.807) is 0 Å². The third-order valence-corrected chi connectivity index (χ3v) is 2.71. The van der Waals surface area contributed by atoms with Gasteiger partial charge in [-0.05, 0) is 34.1 Å². The standard InChI is InChI=1S/C11H7BrClN3O2/c12-9-4-15-10(5-14-9)16-11(18)7-2-1-6(13)3-8(7)17/h1-5,17H,(H,15,16,18). The average Bonchev–Trinajstić information content (AvgIpc) is 2.32. The highest BCUT2D eigenvalue weighted by molar-refractivity contribution is 9.10. The largest absolute Gasteiger partial charge is 0.507 e. The highest BCUT2D eigenvalue weighted by Crippen LogP contribution is 2.22. The number of carbonyl (C=O) groups is 1. The van der Waals surface area contributed by atoms with Crippen LogP contribution in [0.4, 0.5) is 5.82 Å². The third-order valence-electron chi connectivity index (χ3n) is 2.07. The fourth-order valence-corrected chi connectivity index (χ4v) is 1.63. The van der Waals surface area contributed by atoms with Crippen molar-refractivity contribution < 1.29 is 9.90 Å². The van der Waals surface area contributed by atoms with Crippen molar-refractivity contribution in [1.82, 2.24) is 9.97 Å². The first-order chi connectivity index (χ1) is 8.56. The zero-order valence-electron chi connectivity index (χ0n) is 8.89. The molecule has 0 aliphatic rings. The summed E-state index contributed by atoms with van der Waals surface area (Å²) in [6.07, 6.45) is 2.85. The average molecular weight is 329 g/mol. The number of amides is 1. The summed E-state index contributed by atoms with van der Waals surface area (Å²) in [7, 11) is 0. The minimum absolute atomic E-state index is 0.115. The van der Waals surface area contributed by atoms with Crippen LogP contribution < -0.4 is 5.32 Å². The lowest BCUT2D eigenvalue weighted by Crippen LogP contribution is -2.13. The number of anilines is 1. The maximum absolute atomic E-state index is 11.8. The molecule has 1 amide bonds. The molecule has 0 spiro atoms. The van der Waals surface area contributed by atoms with Crippen LogP contribution in [-0.4, -0.2) is 21.0 Å². The molecule has 0 saturated heterocycles. The minimum atomic E-state index is -0.485. The molecule has 0 unspecified atom stereocenters. The van der Waals surface area contributed by atoms with Crippen molar-refractivity contribution in [2.75, 3.05) is 5.32 Å². The van der Waals surface area contributed by atoms with Gasteiger partial charge in [0, 0.05) is 5.02 Å². The van der Waals surface area contributed by atoms with E-state index in [0.717, 1.165) is 0 Å². The van der Waals surface area contributed by atoms with E-state index in [-0.39, 0.29) is 17.1 Å². The molecule has 1 heterocycles. The van der Waals surface area contributed by atoms with Crippen LogP contribution in [0.3, 0.4) is 0 Å². The quantitative estimate of drug-likeness (QED) is 0.889. The molecule has 0 radical (unpaired) electrons. The summed E-state index contributed by atoms with van der Waals surface area (Å²) in [4.78, 5) is 19.7. The summed E-state index contributed by atoms with van der Waals surface area (Å²) < 4.78 is 0.565. The van der Waals surface area contributed by atoms with Gasteiger partial charge in [0.15, 0.2) is 5.82 Å². The van der Waals surface area contributed by atoms with Crippen LogP contribution in [0.15, 0.2) is 35.2 Å². The van der Waals surface area contributed by atoms with E-state index in [2.05, 4.69) is 31.2 Å². The molecule has 0 fully saturated rings. The Morgan fingerprint density at radius 3 is 2.72 bits per heavy atom. The molecule has 0 saturated carbocycles.